The lowest BCUT2D eigenvalue weighted by Crippen LogP contribution is -2.25. The topological polar surface area (TPSA) is 87.6 Å². The Morgan fingerprint density at radius 1 is 1.13 bits per heavy atom. The Kier molecular flexibility index (Phi) is 6.29. The minimum absolute atomic E-state index is 0.0596. The molecule has 4 rings (SSSR count). The Balaban J connectivity index is 1.37. The molecule has 2 aromatic carbocycles. The van der Waals surface area contributed by atoms with Gasteiger partial charge in [-0.2, -0.15) is 0 Å². The Morgan fingerprint density at radius 2 is 1.90 bits per heavy atom. The molecule has 158 valence electrons. The van der Waals surface area contributed by atoms with Gasteiger partial charge < -0.3 is 10.6 Å². The van der Waals surface area contributed by atoms with E-state index in [0.29, 0.717) is 39.4 Å². The number of halogens is 2. The van der Waals surface area contributed by atoms with E-state index in [1.165, 1.54) is 11.8 Å². The summed E-state index contributed by atoms with van der Waals surface area (Å²) in [6, 6.07) is 12.3. The van der Waals surface area contributed by atoms with Gasteiger partial charge in [0, 0.05) is 22.4 Å². The number of carbonyl (C=O) groups is 1. The highest BCUT2D eigenvalue weighted by Gasteiger charge is 2.42. The number of sulfone groups is 1. The van der Waals surface area contributed by atoms with Gasteiger partial charge in [-0.15, -0.1) is 0 Å². The van der Waals surface area contributed by atoms with Gasteiger partial charge in [0.2, 0.25) is 0 Å². The first-order valence-electron chi connectivity index (χ1n) is 9.33. The van der Waals surface area contributed by atoms with Crippen LogP contribution >= 0.6 is 35.0 Å². The number of anilines is 1. The van der Waals surface area contributed by atoms with Gasteiger partial charge in [0.15, 0.2) is 15.0 Å². The molecule has 0 unspecified atom stereocenters. The van der Waals surface area contributed by atoms with Gasteiger partial charge >= 0.3 is 0 Å². The Hall–Kier alpha value is -1.74. The maximum absolute atomic E-state index is 12.5. The fourth-order valence-corrected chi connectivity index (χ4v) is 7.33. The maximum atomic E-state index is 12.5. The molecule has 2 atom stereocenters. The number of amides is 1. The summed E-state index contributed by atoms with van der Waals surface area (Å²) in [6.07, 6.45) is 0.695. The molecule has 30 heavy (non-hydrogen) atoms. The second-order valence-electron chi connectivity index (χ2n) is 7.19. The average molecular weight is 484 g/mol. The lowest BCUT2D eigenvalue weighted by molar-refractivity contribution is 0.0954. The molecule has 0 radical (unpaired) electrons. The highest BCUT2D eigenvalue weighted by Crippen LogP contribution is 2.35. The molecule has 1 fully saturated rings. The second-order valence-corrected chi connectivity index (χ2v) is 11.4. The Morgan fingerprint density at radius 3 is 2.63 bits per heavy atom. The molecule has 0 aromatic heterocycles. The van der Waals surface area contributed by atoms with Crippen LogP contribution in [0.15, 0.2) is 47.5 Å². The SMILES string of the molecule is O=C(NCCc1ccc(Cl)cc1)c1ccc(Cl)c(NC2=N[C@H]3CS(=O)(=O)C[C@@H]3S2)c1. The van der Waals surface area contributed by atoms with E-state index >= 15 is 0 Å². The fraction of sp³-hybridized carbons (Fsp3) is 0.300. The van der Waals surface area contributed by atoms with Gasteiger partial charge in [0.1, 0.15) is 0 Å². The van der Waals surface area contributed by atoms with E-state index in [4.69, 9.17) is 23.2 Å². The summed E-state index contributed by atoms with van der Waals surface area (Å²) in [4.78, 5) is 17.0. The highest BCUT2D eigenvalue weighted by atomic mass is 35.5. The summed E-state index contributed by atoms with van der Waals surface area (Å²) in [5.41, 5.74) is 2.13. The van der Waals surface area contributed by atoms with Crippen LogP contribution in [0, 0.1) is 0 Å². The second kappa shape index (κ2) is 8.78. The van der Waals surface area contributed by atoms with Crippen molar-refractivity contribution in [1.29, 1.82) is 0 Å². The average Bonchev–Trinajstić information content (AvgIpc) is 3.17. The number of thioether (sulfide) groups is 1. The van der Waals surface area contributed by atoms with Gasteiger partial charge in [0.25, 0.3) is 5.91 Å². The van der Waals surface area contributed by atoms with Crippen molar-refractivity contribution in [3.8, 4) is 0 Å². The summed E-state index contributed by atoms with van der Waals surface area (Å²) in [5.74, 6) is 0.0214. The van der Waals surface area contributed by atoms with Crippen molar-refractivity contribution in [3.63, 3.8) is 0 Å². The van der Waals surface area contributed by atoms with E-state index in [0.717, 1.165) is 5.56 Å². The van der Waals surface area contributed by atoms with Crippen molar-refractivity contribution in [1.82, 2.24) is 5.32 Å². The number of rotatable bonds is 5. The maximum Gasteiger partial charge on any atom is 0.251 e. The zero-order chi connectivity index (χ0) is 21.3. The molecule has 0 bridgehead atoms. The van der Waals surface area contributed by atoms with Crippen LogP contribution in [0.5, 0.6) is 0 Å². The van der Waals surface area contributed by atoms with E-state index in [2.05, 4.69) is 15.6 Å². The molecule has 2 heterocycles. The molecular weight excluding hydrogens is 465 g/mol. The quantitative estimate of drug-likeness (QED) is 0.677. The number of hydrogen-bond acceptors (Lipinski definition) is 6. The van der Waals surface area contributed by atoms with E-state index in [1.807, 2.05) is 24.3 Å². The lowest BCUT2D eigenvalue weighted by atomic mass is 10.1. The molecular formula is C20H19Cl2N3O3S2. The van der Waals surface area contributed by atoms with Crippen LogP contribution in [-0.4, -0.2) is 48.8 Å². The monoisotopic (exact) mass is 483 g/mol. The predicted octanol–water partition coefficient (Wildman–Crippen LogP) is 3.65. The summed E-state index contributed by atoms with van der Waals surface area (Å²) >= 11 is 13.6. The first-order chi connectivity index (χ1) is 14.3. The first kappa shape index (κ1) is 21.5. The van der Waals surface area contributed by atoms with Crippen LogP contribution in [0.3, 0.4) is 0 Å². The van der Waals surface area contributed by atoms with Gasteiger partial charge in [-0.05, 0) is 42.3 Å². The third-order valence-electron chi connectivity index (χ3n) is 4.90. The van der Waals surface area contributed by atoms with Crippen LogP contribution in [-0.2, 0) is 16.3 Å². The minimum Gasteiger partial charge on any atom is -0.352 e. The van der Waals surface area contributed by atoms with Gasteiger partial charge in [-0.25, -0.2) is 8.42 Å². The fourth-order valence-electron chi connectivity index (χ4n) is 3.37. The van der Waals surface area contributed by atoms with Crippen molar-refractivity contribution in [2.45, 2.75) is 17.7 Å². The number of nitrogens with zero attached hydrogens (tertiary/aromatic N) is 1. The molecule has 2 aliphatic heterocycles. The predicted molar refractivity (Wildman–Crippen MR) is 124 cm³/mol. The smallest absolute Gasteiger partial charge is 0.251 e. The molecule has 0 spiro atoms. The van der Waals surface area contributed by atoms with Crippen LogP contribution in [0.4, 0.5) is 5.69 Å². The largest absolute Gasteiger partial charge is 0.352 e. The zero-order valence-corrected chi connectivity index (χ0v) is 18.9. The Bertz CT molecular complexity index is 1100. The summed E-state index contributed by atoms with van der Waals surface area (Å²) in [5, 5.41) is 7.75. The summed E-state index contributed by atoms with van der Waals surface area (Å²) in [7, 11) is -3.00. The van der Waals surface area contributed by atoms with Crippen molar-refractivity contribution >= 4 is 61.6 Å². The normalized spacial score (nSPS) is 21.7. The van der Waals surface area contributed by atoms with Crippen molar-refractivity contribution in [2.24, 2.45) is 4.99 Å². The van der Waals surface area contributed by atoms with E-state index < -0.39 is 9.84 Å². The summed E-state index contributed by atoms with van der Waals surface area (Å²) < 4.78 is 23.4. The molecule has 2 N–H and O–H groups in total. The zero-order valence-electron chi connectivity index (χ0n) is 15.8. The number of fused-ring (bicyclic) bond motifs is 1. The minimum atomic E-state index is -3.00. The molecule has 0 saturated carbocycles. The Labute approximate surface area is 189 Å². The number of hydrogen-bond donors (Lipinski definition) is 2. The van der Waals surface area contributed by atoms with Crippen LogP contribution < -0.4 is 10.6 Å². The van der Waals surface area contributed by atoms with Crippen LogP contribution in [0.1, 0.15) is 15.9 Å². The number of aliphatic imine (C=N–C) groups is 1. The lowest BCUT2D eigenvalue weighted by Gasteiger charge is -2.11. The molecule has 10 heteroatoms. The molecule has 2 aromatic rings. The van der Waals surface area contributed by atoms with Crippen molar-refractivity contribution in [3.05, 3.63) is 63.6 Å². The van der Waals surface area contributed by atoms with Gasteiger partial charge in [-0.1, -0.05) is 47.1 Å². The van der Waals surface area contributed by atoms with Crippen LogP contribution in [0.2, 0.25) is 10.0 Å². The van der Waals surface area contributed by atoms with Gasteiger partial charge in [0.05, 0.1) is 28.3 Å². The number of nitrogens with one attached hydrogen (secondary N) is 2. The van der Waals surface area contributed by atoms with E-state index in [1.54, 1.807) is 18.2 Å². The molecule has 1 amide bonds. The molecule has 2 aliphatic rings. The van der Waals surface area contributed by atoms with Crippen molar-refractivity contribution < 1.29 is 13.2 Å². The third-order valence-corrected chi connectivity index (χ3v) is 8.62. The molecule has 6 nitrogen and oxygen atoms in total. The molecule has 0 aliphatic carbocycles. The highest BCUT2D eigenvalue weighted by molar-refractivity contribution is 8.15. The number of benzene rings is 2. The number of amidine groups is 1. The van der Waals surface area contributed by atoms with E-state index in [9.17, 15) is 13.2 Å². The standard InChI is InChI=1S/C20H19Cl2N3O3S2/c21-14-4-1-12(2-5-14)7-8-23-19(26)13-3-6-15(22)16(9-13)24-20-25-17-10-30(27,28)11-18(17)29-20/h1-6,9,17-18H,7-8,10-11H2,(H,23,26)(H,24,25)/t17-,18-/m0/s1. The molecule has 1 saturated heterocycles. The van der Waals surface area contributed by atoms with E-state index in [-0.39, 0.29) is 28.7 Å². The van der Waals surface area contributed by atoms with Crippen molar-refractivity contribution in [2.75, 3.05) is 23.4 Å². The number of carbonyl (C=O) groups excluding carboxylic acids is 1. The van der Waals surface area contributed by atoms with Crippen LogP contribution in [0.25, 0.3) is 0 Å². The summed E-state index contributed by atoms with van der Waals surface area (Å²) in [6.45, 7) is 0.492. The third kappa shape index (κ3) is 5.11. The van der Waals surface area contributed by atoms with Gasteiger partial charge in [-0.3, -0.25) is 9.79 Å². The first-order valence-corrected chi connectivity index (χ1v) is 12.8.